The van der Waals surface area contributed by atoms with Crippen LogP contribution in [0.3, 0.4) is 0 Å². The minimum atomic E-state index is -0.175. The van der Waals surface area contributed by atoms with E-state index in [9.17, 15) is 0 Å². The zero-order valence-electron chi connectivity index (χ0n) is 6.96. The highest BCUT2D eigenvalue weighted by Crippen LogP contribution is 2.35. The predicted molar refractivity (Wildman–Crippen MR) is 45.2 cm³/mol. The van der Waals surface area contributed by atoms with Crippen molar-refractivity contribution < 1.29 is 4.52 Å². The normalized spacial score (nSPS) is 20.5. The first kappa shape index (κ1) is 8.05. The van der Waals surface area contributed by atoms with Gasteiger partial charge in [0.25, 0.3) is 0 Å². The van der Waals surface area contributed by atoms with Gasteiger partial charge in [-0.1, -0.05) is 11.6 Å². The van der Waals surface area contributed by atoms with E-state index in [0.29, 0.717) is 11.8 Å². The Kier molecular flexibility index (Phi) is 2.05. The summed E-state index contributed by atoms with van der Waals surface area (Å²) in [5.41, 5.74) is 0. The predicted octanol–water partition coefficient (Wildman–Crippen LogP) is 2.64. The third-order valence-electron chi connectivity index (χ3n) is 2.27. The SMILES string of the molecule is CC(Cl)c1nc(C2CCC2)no1. The molecule has 3 nitrogen and oxygen atoms in total. The van der Waals surface area contributed by atoms with Gasteiger partial charge in [0.05, 0.1) is 0 Å². The van der Waals surface area contributed by atoms with Gasteiger partial charge in [0, 0.05) is 5.92 Å². The average molecular weight is 187 g/mol. The summed E-state index contributed by atoms with van der Waals surface area (Å²) >= 11 is 5.79. The summed E-state index contributed by atoms with van der Waals surface area (Å²) < 4.78 is 4.99. The van der Waals surface area contributed by atoms with Crippen molar-refractivity contribution >= 4 is 11.6 Å². The smallest absolute Gasteiger partial charge is 0.244 e. The average Bonchev–Trinajstić information content (AvgIpc) is 2.32. The van der Waals surface area contributed by atoms with Gasteiger partial charge in [-0.15, -0.1) is 11.6 Å². The van der Waals surface area contributed by atoms with Gasteiger partial charge in [0.2, 0.25) is 5.89 Å². The first-order valence-electron chi connectivity index (χ1n) is 4.25. The molecular weight excluding hydrogens is 176 g/mol. The van der Waals surface area contributed by atoms with E-state index in [1.54, 1.807) is 0 Å². The van der Waals surface area contributed by atoms with E-state index in [4.69, 9.17) is 16.1 Å². The Morgan fingerprint density at radius 1 is 1.58 bits per heavy atom. The molecule has 1 aliphatic rings. The van der Waals surface area contributed by atoms with Crippen molar-refractivity contribution in [1.29, 1.82) is 0 Å². The highest BCUT2D eigenvalue weighted by molar-refractivity contribution is 6.20. The molecule has 1 heterocycles. The van der Waals surface area contributed by atoms with Crippen molar-refractivity contribution in [1.82, 2.24) is 10.1 Å². The van der Waals surface area contributed by atoms with Crippen LogP contribution >= 0.6 is 11.6 Å². The van der Waals surface area contributed by atoms with Crippen LogP contribution in [0.1, 0.15) is 49.2 Å². The van der Waals surface area contributed by atoms with Crippen molar-refractivity contribution in [3.8, 4) is 0 Å². The van der Waals surface area contributed by atoms with Crippen molar-refractivity contribution in [3.63, 3.8) is 0 Å². The van der Waals surface area contributed by atoms with E-state index in [-0.39, 0.29) is 5.38 Å². The summed E-state index contributed by atoms with van der Waals surface area (Å²) in [6.45, 7) is 1.83. The van der Waals surface area contributed by atoms with Gasteiger partial charge in [-0.25, -0.2) is 0 Å². The molecule has 2 rings (SSSR count). The van der Waals surface area contributed by atoms with Crippen molar-refractivity contribution in [2.45, 2.75) is 37.5 Å². The molecule has 0 N–H and O–H groups in total. The Bertz CT molecular complexity index is 268. The number of alkyl halides is 1. The second-order valence-corrected chi connectivity index (χ2v) is 3.89. The molecule has 0 aromatic carbocycles. The Morgan fingerprint density at radius 2 is 2.33 bits per heavy atom. The van der Waals surface area contributed by atoms with Crippen LogP contribution in [0.25, 0.3) is 0 Å². The zero-order chi connectivity index (χ0) is 8.55. The van der Waals surface area contributed by atoms with E-state index in [2.05, 4.69) is 10.1 Å². The lowest BCUT2D eigenvalue weighted by atomic mass is 9.85. The maximum absolute atomic E-state index is 5.79. The van der Waals surface area contributed by atoms with Crippen LogP contribution in [0.2, 0.25) is 0 Å². The molecule has 0 aliphatic heterocycles. The van der Waals surface area contributed by atoms with E-state index in [1.807, 2.05) is 6.92 Å². The summed E-state index contributed by atoms with van der Waals surface area (Å²) in [5.74, 6) is 1.90. The van der Waals surface area contributed by atoms with Gasteiger partial charge >= 0.3 is 0 Å². The van der Waals surface area contributed by atoms with Crippen molar-refractivity contribution in [2.24, 2.45) is 0 Å². The number of nitrogens with zero attached hydrogens (tertiary/aromatic N) is 2. The Balaban J connectivity index is 2.12. The van der Waals surface area contributed by atoms with E-state index in [0.717, 1.165) is 5.82 Å². The standard InChI is InChI=1S/C8H11ClN2O/c1-5(9)8-10-7(11-12-8)6-3-2-4-6/h5-6H,2-4H2,1H3. The summed E-state index contributed by atoms with van der Waals surface area (Å²) in [6.07, 6.45) is 3.66. The summed E-state index contributed by atoms with van der Waals surface area (Å²) in [7, 11) is 0. The molecule has 1 unspecified atom stereocenters. The van der Waals surface area contributed by atoms with E-state index < -0.39 is 0 Å². The van der Waals surface area contributed by atoms with Crippen LogP contribution in [0.15, 0.2) is 4.52 Å². The monoisotopic (exact) mass is 186 g/mol. The van der Waals surface area contributed by atoms with Crippen molar-refractivity contribution in [2.75, 3.05) is 0 Å². The minimum Gasteiger partial charge on any atom is -0.338 e. The summed E-state index contributed by atoms with van der Waals surface area (Å²) in [6, 6.07) is 0. The van der Waals surface area contributed by atoms with Crippen LogP contribution in [-0.4, -0.2) is 10.1 Å². The fraction of sp³-hybridized carbons (Fsp3) is 0.750. The molecule has 0 saturated heterocycles. The highest BCUT2D eigenvalue weighted by atomic mass is 35.5. The molecule has 1 atom stereocenters. The van der Waals surface area contributed by atoms with Gasteiger partial charge in [0.1, 0.15) is 5.38 Å². The number of halogens is 1. The fourth-order valence-corrected chi connectivity index (χ4v) is 1.33. The fourth-order valence-electron chi connectivity index (χ4n) is 1.24. The molecule has 1 aromatic heterocycles. The quantitative estimate of drug-likeness (QED) is 0.667. The molecule has 12 heavy (non-hydrogen) atoms. The van der Waals surface area contributed by atoms with Crippen LogP contribution in [0, 0.1) is 0 Å². The van der Waals surface area contributed by atoms with Crippen LogP contribution in [0.5, 0.6) is 0 Å². The van der Waals surface area contributed by atoms with Gasteiger partial charge in [-0.3, -0.25) is 0 Å². The second-order valence-electron chi connectivity index (χ2n) is 3.23. The van der Waals surface area contributed by atoms with Crippen LogP contribution in [-0.2, 0) is 0 Å². The lowest BCUT2D eigenvalue weighted by Crippen LogP contribution is -2.10. The van der Waals surface area contributed by atoms with E-state index >= 15 is 0 Å². The molecule has 4 heteroatoms. The third kappa shape index (κ3) is 1.33. The van der Waals surface area contributed by atoms with Gasteiger partial charge in [-0.2, -0.15) is 4.98 Å². The largest absolute Gasteiger partial charge is 0.338 e. The first-order valence-corrected chi connectivity index (χ1v) is 4.68. The maximum Gasteiger partial charge on any atom is 0.244 e. The number of rotatable bonds is 2. The molecule has 0 spiro atoms. The van der Waals surface area contributed by atoms with Gasteiger partial charge < -0.3 is 4.52 Å². The molecule has 0 bridgehead atoms. The number of aromatic nitrogens is 2. The molecule has 1 aliphatic carbocycles. The van der Waals surface area contributed by atoms with E-state index in [1.165, 1.54) is 19.3 Å². The molecule has 1 aromatic rings. The van der Waals surface area contributed by atoms with Crippen LogP contribution < -0.4 is 0 Å². The molecule has 66 valence electrons. The lowest BCUT2D eigenvalue weighted by Gasteiger charge is -2.20. The zero-order valence-corrected chi connectivity index (χ0v) is 7.71. The van der Waals surface area contributed by atoms with Crippen LogP contribution in [0.4, 0.5) is 0 Å². The maximum atomic E-state index is 5.79. The molecule has 1 saturated carbocycles. The lowest BCUT2D eigenvalue weighted by molar-refractivity contribution is 0.347. The topological polar surface area (TPSA) is 38.9 Å². The summed E-state index contributed by atoms with van der Waals surface area (Å²) in [4.78, 5) is 4.22. The molecule has 0 radical (unpaired) electrons. The first-order chi connectivity index (χ1) is 5.77. The van der Waals surface area contributed by atoms with Gasteiger partial charge in [0.15, 0.2) is 5.82 Å². The highest BCUT2D eigenvalue weighted by Gasteiger charge is 2.25. The Morgan fingerprint density at radius 3 is 2.75 bits per heavy atom. The van der Waals surface area contributed by atoms with Crippen molar-refractivity contribution in [3.05, 3.63) is 11.7 Å². The van der Waals surface area contributed by atoms with Gasteiger partial charge in [-0.05, 0) is 19.8 Å². The summed E-state index contributed by atoms with van der Waals surface area (Å²) in [5, 5.41) is 3.71. The molecule has 1 fully saturated rings. The second kappa shape index (κ2) is 3.05. The Hall–Kier alpha value is -0.570. The minimum absolute atomic E-state index is 0.175. The number of hydrogen-bond donors (Lipinski definition) is 0. The third-order valence-corrected chi connectivity index (χ3v) is 2.45. The Labute approximate surface area is 76.1 Å². The molecular formula is C8H11ClN2O. The molecule has 0 amide bonds. The number of hydrogen-bond acceptors (Lipinski definition) is 3.